The number of hydrogen-bond acceptors (Lipinski definition) is 5. The summed E-state index contributed by atoms with van der Waals surface area (Å²) in [6.45, 7) is 2.17. The number of furan rings is 1. The fourth-order valence-corrected chi connectivity index (χ4v) is 4.99. The van der Waals surface area contributed by atoms with Gasteiger partial charge in [-0.2, -0.15) is 5.10 Å². The van der Waals surface area contributed by atoms with Gasteiger partial charge in [0.05, 0.1) is 11.9 Å². The quantitative estimate of drug-likeness (QED) is 0.661. The van der Waals surface area contributed by atoms with Crippen molar-refractivity contribution in [2.45, 2.75) is 38.0 Å². The van der Waals surface area contributed by atoms with Crippen molar-refractivity contribution in [1.82, 2.24) is 25.4 Å². The molecule has 1 saturated heterocycles. The second-order valence-corrected chi connectivity index (χ2v) is 9.27. The van der Waals surface area contributed by atoms with E-state index < -0.39 is 0 Å². The Labute approximate surface area is 179 Å². The minimum atomic E-state index is -0.184. The number of nitrogens with zero attached hydrogens (tertiary/aromatic N) is 3. The average molecular weight is 419 g/mol. The molecule has 8 nitrogen and oxygen atoms in total. The van der Waals surface area contributed by atoms with E-state index in [2.05, 4.69) is 20.5 Å². The van der Waals surface area contributed by atoms with E-state index in [4.69, 9.17) is 4.42 Å². The number of carbonyl (C=O) groups is 2. The topological polar surface area (TPSA) is 104 Å². The van der Waals surface area contributed by atoms with Gasteiger partial charge >= 0.3 is 0 Å². The van der Waals surface area contributed by atoms with Gasteiger partial charge in [0, 0.05) is 37.1 Å². The van der Waals surface area contributed by atoms with Gasteiger partial charge in [-0.1, -0.05) is 0 Å². The number of likely N-dealkylation sites (tertiary alicyclic amines) is 1. The fourth-order valence-electron chi connectivity index (χ4n) is 4.99. The first kappa shape index (κ1) is 18.6. The smallest absolute Gasteiger partial charge is 0.287 e. The zero-order chi connectivity index (χ0) is 21.0. The minimum absolute atomic E-state index is 0.0547. The van der Waals surface area contributed by atoms with Gasteiger partial charge in [-0.05, 0) is 61.6 Å². The molecule has 6 rings (SSSR count). The highest BCUT2D eigenvalue weighted by Gasteiger charge is 2.54. The molecule has 2 saturated carbocycles. The van der Waals surface area contributed by atoms with Crippen molar-refractivity contribution in [3.05, 3.63) is 47.7 Å². The molecule has 1 unspecified atom stereocenters. The summed E-state index contributed by atoms with van der Waals surface area (Å²) in [7, 11) is 0. The Morgan fingerprint density at radius 3 is 2.87 bits per heavy atom. The first-order chi connectivity index (χ1) is 15.1. The molecule has 4 heterocycles. The third-order valence-electron chi connectivity index (χ3n) is 7.28. The molecule has 3 aromatic heterocycles. The highest BCUT2D eigenvalue weighted by molar-refractivity contribution is 5.96. The first-order valence-electron chi connectivity index (χ1n) is 11.1. The van der Waals surface area contributed by atoms with Crippen molar-refractivity contribution in [2.24, 2.45) is 11.3 Å². The van der Waals surface area contributed by atoms with Gasteiger partial charge in [-0.15, -0.1) is 0 Å². The van der Waals surface area contributed by atoms with Crippen LogP contribution in [-0.2, 0) is 0 Å². The SMILES string of the molecule is O=C(NCC1CC12CCN(C(=O)c1cc(C3CC3)n[nH]1)CC2)c1cc2ccncc2o1. The van der Waals surface area contributed by atoms with Crippen molar-refractivity contribution < 1.29 is 14.0 Å². The van der Waals surface area contributed by atoms with Gasteiger partial charge in [0.25, 0.3) is 11.8 Å². The third kappa shape index (κ3) is 3.40. The number of aromatic nitrogens is 3. The molecule has 1 spiro atoms. The lowest BCUT2D eigenvalue weighted by Gasteiger charge is -2.32. The first-order valence-corrected chi connectivity index (χ1v) is 11.1. The maximum Gasteiger partial charge on any atom is 0.287 e. The Morgan fingerprint density at radius 2 is 2.10 bits per heavy atom. The summed E-state index contributed by atoms with van der Waals surface area (Å²) in [5, 5.41) is 11.1. The molecule has 0 aromatic carbocycles. The normalized spacial score (nSPS) is 22.1. The number of amides is 2. The van der Waals surface area contributed by atoms with Crippen molar-refractivity contribution in [3.63, 3.8) is 0 Å². The van der Waals surface area contributed by atoms with E-state index in [0.717, 1.165) is 43.4 Å². The van der Waals surface area contributed by atoms with Crippen molar-refractivity contribution in [3.8, 4) is 0 Å². The van der Waals surface area contributed by atoms with Gasteiger partial charge < -0.3 is 14.6 Å². The molecule has 3 fully saturated rings. The Hall–Kier alpha value is -3.16. The Bertz CT molecular complexity index is 1120. The van der Waals surface area contributed by atoms with Crippen LogP contribution in [0, 0.1) is 11.3 Å². The molecule has 1 atom stereocenters. The predicted octanol–water partition coefficient (Wildman–Crippen LogP) is 3.10. The van der Waals surface area contributed by atoms with Crippen LogP contribution < -0.4 is 5.32 Å². The monoisotopic (exact) mass is 419 g/mol. The van der Waals surface area contributed by atoms with Gasteiger partial charge in [-0.25, -0.2) is 0 Å². The molecule has 2 amide bonds. The number of aromatic amines is 1. The summed E-state index contributed by atoms with van der Waals surface area (Å²) >= 11 is 0. The van der Waals surface area contributed by atoms with Gasteiger partial charge in [0.2, 0.25) is 0 Å². The highest BCUT2D eigenvalue weighted by Crippen LogP contribution is 2.59. The van der Waals surface area contributed by atoms with Crippen LogP contribution in [-0.4, -0.2) is 51.5 Å². The number of piperidine rings is 1. The molecule has 8 heteroatoms. The minimum Gasteiger partial charge on any atom is -0.449 e. The number of hydrogen-bond donors (Lipinski definition) is 2. The second kappa shape index (κ2) is 6.93. The van der Waals surface area contributed by atoms with E-state index in [-0.39, 0.29) is 17.2 Å². The van der Waals surface area contributed by atoms with E-state index in [0.29, 0.717) is 35.4 Å². The largest absolute Gasteiger partial charge is 0.449 e. The van der Waals surface area contributed by atoms with E-state index in [1.54, 1.807) is 18.5 Å². The lowest BCUT2D eigenvalue weighted by Crippen LogP contribution is -2.40. The molecule has 0 radical (unpaired) electrons. The highest BCUT2D eigenvalue weighted by atomic mass is 16.3. The molecule has 31 heavy (non-hydrogen) atoms. The van der Waals surface area contributed by atoms with Crippen LogP contribution in [0.25, 0.3) is 11.0 Å². The Balaban J connectivity index is 1.01. The van der Waals surface area contributed by atoms with Crippen LogP contribution in [0.4, 0.5) is 0 Å². The number of nitrogens with one attached hydrogen (secondary N) is 2. The third-order valence-corrected chi connectivity index (χ3v) is 7.28. The fraction of sp³-hybridized carbons (Fsp3) is 0.478. The van der Waals surface area contributed by atoms with E-state index in [9.17, 15) is 9.59 Å². The maximum atomic E-state index is 12.8. The van der Waals surface area contributed by atoms with Crippen LogP contribution >= 0.6 is 0 Å². The standard InChI is InChI=1S/C23H25N5O3/c29-21(19-9-15-3-6-24-13-20(15)31-19)25-12-16-11-23(16)4-7-28(8-5-23)22(30)18-10-17(26-27-18)14-1-2-14/h3,6,9-10,13-14,16H,1-2,4-5,7-8,11-12H2,(H,25,29)(H,26,27). The van der Waals surface area contributed by atoms with Crippen molar-refractivity contribution in [1.29, 1.82) is 0 Å². The van der Waals surface area contributed by atoms with E-state index in [1.807, 2.05) is 17.0 Å². The molecule has 0 bridgehead atoms. The molecule has 2 N–H and O–H groups in total. The van der Waals surface area contributed by atoms with Gasteiger partial charge in [0.1, 0.15) is 5.69 Å². The number of carbonyl (C=O) groups excluding carboxylic acids is 2. The van der Waals surface area contributed by atoms with Gasteiger partial charge in [-0.3, -0.25) is 19.7 Å². The van der Waals surface area contributed by atoms with Crippen LogP contribution in [0.15, 0.2) is 35.0 Å². The summed E-state index contributed by atoms with van der Waals surface area (Å²) in [5.41, 5.74) is 2.51. The summed E-state index contributed by atoms with van der Waals surface area (Å²) in [6.07, 6.45) is 8.73. The second-order valence-electron chi connectivity index (χ2n) is 9.27. The Kier molecular flexibility index (Phi) is 4.16. The number of H-pyrrole nitrogens is 1. The molecular weight excluding hydrogens is 394 g/mol. The van der Waals surface area contributed by atoms with Crippen molar-refractivity contribution >= 4 is 22.8 Å². The molecule has 3 aliphatic rings. The maximum absolute atomic E-state index is 12.8. The zero-order valence-corrected chi connectivity index (χ0v) is 17.3. The van der Waals surface area contributed by atoms with E-state index >= 15 is 0 Å². The van der Waals surface area contributed by atoms with Gasteiger partial charge in [0.15, 0.2) is 11.3 Å². The van der Waals surface area contributed by atoms with Crippen LogP contribution in [0.5, 0.6) is 0 Å². The number of pyridine rings is 1. The molecular formula is C23H25N5O3. The summed E-state index contributed by atoms with van der Waals surface area (Å²) in [6, 6.07) is 5.51. The molecule has 160 valence electrons. The van der Waals surface area contributed by atoms with Crippen molar-refractivity contribution in [2.75, 3.05) is 19.6 Å². The average Bonchev–Trinajstić information content (AvgIpc) is 3.64. The summed E-state index contributed by atoms with van der Waals surface area (Å²) in [5.74, 6) is 1.20. The lowest BCUT2D eigenvalue weighted by molar-refractivity contribution is 0.0662. The van der Waals surface area contributed by atoms with Crippen LogP contribution in [0.2, 0.25) is 0 Å². The molecule has 2 aliphatic carbocycles. The number of fused-ring (bicyclic) bond motifs is 1. The number of rotatable bonds is 5. The predicted molar refractivity (Wildman–Crippen MR) is 113 cm³/mol. The lowest BCUT2D eigenvalue weighted by atomic mass is 9.90. The van der Waals surface area contributed by atoms with Crippen LogP contribution in [0.1, 0.15) is 64.8 Å². The van der Waals surface area contributed by atoms with Crippen LogP contribution in [0.3, 0.4) is 0 Å². The molecule has 3 aromatic rings. The summed E-state index contributed by atoms with van der Waals surface area (Å²) < 4.78 is 5.60. The molecule has 1 aliphatic heterocycles. The van der Waals surface area contributed by atoms with E-state index in [1.165, 1.54) is 12.8 Å². The summed E-state index contributed by atoms with van der Waals surface area (Å²) in [4.78, 5) is 31.2. The Morgan fingerprint density at radius 1 is 1.26 bits per heavy atom. The zero-order valence-electron chi connectivity index (χ0n) is 17.3.